The van der Waals surface area contributed by atoms with Crippen molar-refractivity contribution < 1.29 is 9.53 Å². The Bertz CT molecular complexity index is 408. The zero-order valence-electron chi connectivity index (χ0n) is 11.4. The fourth-order valence-corrected chi connectivity index (χ4v) is 2.41. The number of nitrogens with zero attached hydrogens (tertiary/aromatic N) is 1. The van der Waals surface area contributed by atoms with Crippen LogP contribution in [-0.2, 0) is 16.1 Å². The highest BCUT2D eigenvalue weighted by molar-refractivity contribution is 5.69. The van der Waals surface area contributed by atoms with Gasteiger partial charge in [0.15, 0.2) is 0 Å². The Balaban J connectivity index is 1.84. The molecule has 0 aliphatic carbocycles. The predicted molar refractivity (Wildman–Crippen MR) is 74.5 cm³/mol. The molecule has 2 atom stereocenters. The topological polar surface area (TPSA) is 55.6 Å². The van der Waals surface area contributed by atoms with E-state index in [-0.39, 0.29) is 18.1 Å². The zero-order valence-corrected chi connectivity index (χ0v) is 11.4. The maximum Gasteiger partial charge on any atom is 0.305 e. The van der Waals surface area contributed by atoms with Gasteiger partial charge in [0.25, 0.3) is 0 Å². The molecule has 0 bridgehead atoms. The Kier molecular flexibility index (Phi) is 4.93. The molecule has 19 heavy (non-hydrogen) atoms. The summed E-state index contributed by atoms with van der Waals surface area (Å²) in [7, 11) is 0. The highest BCUT2D eigenvalue weighted by atomic mass is 16.5. The van der Waals surface area contributed by atoms with Crippen LogP contribution in [-0.4, -0.2) is 36.1 Å². The lowest BCUT2D eigenvalue weighted by molar-refractivity contribution is -0.152. The first kappa shape index (κ1) is 14.0. The second-order valence-corrected chi connectivity index (χ2v) is 5.06. The molecular weight excluding hydrogens is 240 g/mol. The van der Waals surface area contributed by atoms with Gasteiger partial charge in [-0.3, -0.25) is 9.69 Å². The molecule has 0 saturated carbocycles. The highest BCUT2D eigenvalue weighted by Crippen LogP contribution is 2.16. The second kappa shape index (κ2) is 6.68. The van der Waals surface area contributed by atoms with Crippen molar-refractivity contribution in [2.75, 3.05) is 13.1 Å². The quantitative estimate of drug-likeness (QED) is 0.836. The van der Waals surface area contributed by atoms with Crippen molar-refractivity contribution in [3.63, 3.8) is 0 Å². The summed E-state index contributed by atoms with van der Waals surface area (Å²) < 4.78 is 5.36. The molecule has 4 nitrogen and oxygen atoms in total. The fourth-order valence-electron chi connectivity index (χ4n) is 2.41. The van der Waals surface area contributed by atoms with Gasteiger partial charge in [0.1, 0.15) is 6.10 Å². The minimum Gasteiger partial charge on any atom is -0.461 e. The summed E-state index contributed by atoms with van der Waals surface area (Å²) in [5.41, 5.74) is 7.40. The predicted octanol–water partition coefficient (Wildman–Crippen LogP) is 1.54. The summed E-state index contributed by atoms with van der Waals surface area (Å²) in [5.74, 6) is -0.156. The number of carbonyl (C=O) groups is 1. The molecule has 2 N–H and O–H groups in total. The monoisotopic (exact) mass is 262 g/mol. The van der Waals surface area contributed by atoms with Gasteiger partial charge in [0.05, 0.1) is 6.04 Å². The number of rotatable bonds is 4. The van der Waals surface area contributed by atoms with Gasteiger partial charge >= 0.3 is 5.97 Å². The Hall–Kier alpha value is -1.39. The SMILES string of the molecule is CCC(=O)OC1CCN(Cc2ccccc2)CC1N. The van der Waals surface area contributed by atoms with E-state index in [0.717, 1.165) is 26.1 Å². The van der Waals surface area contributed by atoms with Gasteiger partial charge in [-0.15, -0.1) is 0 Å². The Morgan fingerprint density at radius 3 is 2.79 bits per heavy atom. The van der Waals surface area contributed by atoms with Gasteiger partial charge in [0, 0.05) is 26.1 Å². The lowest BCUT2D eigenvalue weighted by Gasteiger charge is -2.36. The average molecular weight is 262 g/mol. The number of carbonyl (C=O) groups excluding carboxylic acids is 1. The van der Waals surface area contributed by atoms with Crippen LogP contribution in [0.2, 0.25) is 0 Å². The normalized spacial score (nSPS) is 24.1. The van der Waals surface area contributed by atoms with Crippen molar-refractivity contribution in [2.45, 2.75) is 38.5 Å². The van der Waals surface area contributed by atoms with E-state index in [1.54, 1.807) is 6.92 Å². The van der Waals surface area contributed by atoms with Crippen LogP contribution < -0.4 is 5.73 Å². The molecule has 1 fully saturated rings. The van der Waals surface area contributed by atoms with Crippen LogP contribution in [0.3, 0.4) is 0 Å². The molecule has 0 aromatic heterocycles. The molecule has 1 aromatic carbocycles. The first-order valence-electron chi connectivity index (χ1n) is 6.90. The van der Waals surface area contributed by atoms with Gasteiger partial charge in [-0.25, -0.2) is 0 Å². The van der Waals surface area contributed by atoms with Crippen LogP contribution in [0, 0.1) is 0 Å². The number of nitrogens with two attached hydrogens (primary N) is 1. The molecule has 1 saturated heterocycles. The van der Waals surface area contributed by atoms with Crippen molar-refractivity contribution in [2.24, 2.45) is 5.73 Å². The number of hydrogen-bond donors (Lipinski definition) is 1. The number of ether oxygens (including phenoxy) is 1. The maximum atomic E-state index is 11.3. The first-order chi connectivity index (χ1) is 9.19. The second-order valence-electron chi connectivity index (χ2n) is 5.06. The van der Waals surface area contributed by atoms with Crippen molar-refractivity contribution in [3.8, 4) is 0 Å². The lowest BCUT2D eigenvalue weighted by atomic mass is 10.0. The van der Waals surface area contributed by atoms with Crippen molar-refractivity contribution >= 4 is 5.97 Å². The van der Waals surface area contributed by atoms with Gasteiger partial charge in [-0.05, 0) is 12.0 Å². The minimum absolute atomic E-state index is 0.0898. The molecule has 1 aliphatic rings. The van der Waals surface area contributed by atoms with Crippen molar-refractivity contribution in [1.82, 2.24) is 4.90 Å². The van der Waals surface area contributed by atoms with Gasteiger partial charge in [-0.2, -0.15) is 0 Å². The molecule has 0 amide bonds. The molecule has 104 valence electrons. The minimum atomic E-state index is -0.156. The van der Waals surface area contributed by atoms with E-state index in [2.05, 4.69) is 17.0 Å². The van der Waals surface area contributed by atoms with Crippen LogP contribution in [0.25, 0.3) is 0 Å². The highest BCUT2D eigenvalue weighted by Gasteiger charge is 2.28. The molecule has 0 radical (unpaired) electrons. The fraction of sp³-hybridized carbons (Fsp3) is 0.533. The standard InChI is InChI=1S/C15H22N2O2/c1-2-15(18)19-14-8-9-17(11-13(14)16)10-12-6-4-3-5-7-12/h3-7,13-14H,2,8-11,16H2,1H3. The van der Waals surface area contributed by atoms with E-state index in [1.807, 2.05) is 18.2 Å². The van der Waals surface area contributed by atoms with Gasteiger partial charge in [0.2, 0.25) is 0 Å². The Morgan fingerprint density at radius 1 is 1.42 bits per heavy atom. The average Bonchev–Trinajstić information content (AvgIpc) is 2.43. The third-order valence-corrected chi connectivity index (χ3v) is 3.50. The van der Waals surface area contributed by atoms with Crippen LogP contribution in [0.1, 0.15) is 25.3 Å². The summed E-state index contributed by atoms with van der Waals surface area (Å²) in [5, 5.41) is 0. The lowest BCUT2D eigenvalue weighted by Crippen LogP contribution is -2.52. The Labute approximate surface area is 114 Å². The molecule has 1 heterocycles. The number of likely N-dealkylation sites (tertiary alicyclic amines) is 1. The van der Waals surface area contributed by atoms with E-state index in [0.29, 0.717) is 6.42 Å². The third kappa shape index (κ3) is 4.04. The number of esters is 1. The van der Waals surface area contributed by atoms with Crippen LogP contribution >= 0.6 is 0 Å². The largest absolute Gasteiger partial charge is 0.461 e. The van der Waals surface area contributed by atoms with Gasteiger partial charge in [-0.1, -0.05) is 37.3 Å². The summed E-state index contributed by atoms with van der Waals surface area (Å²) in [6.07, 6.45) is 1.11. The van der Waals surface area contributed by atoms with Crippen LogP contribution in [0.15, 0.2) is 30.3 Å². The molecule has 1 aliphatic heterocycles. The third-order valence-electron chi connectivity index (χ3n) is 3.50. The molecule has 2 rings (SSSR count). The number of piperidine rings is 1. The van der Waals surface area contributed by atoms with E-state index >= 15 is 0 Å². The summed E-state index contributed by atoms with van der Waals surface area (Å²) in [6.45, 7) is 4.40. The molecule has 0 spiro atoms. The number of hydrogen-bond acceptors (Lipinski definition) is 4. The van der Waals surface area contributed by atoms with Crippen LogP contribution in [0.4, 0.5) is 0 Å². The van der Waals surface area contributed by atoms with E-state index < -0.39 is 0 Å². The van der Waals surface area contributed by atoms with Crippen molar-refractivity contribution in [3.05, 3.63) is 35.9 Å². The molecular formula is C15H22N2O2. The van der Waals surface area contributed by atoms with Crippen LogP contribution in [0.5, 0.6) is 0 Å². The first-order valence-corrected chi connectivity index (χ1v) is 6.90. The van der Waals surface area contributed by atoms with E-state index in [1.165, 1.54) is 5.56 Å². The Morgan fingerprint density at radius 2 is 2.16 bits per heavy atom. The summed E-state index contributed by atoms with van der Waals surface area (Å²) in [4.78, 5) is 13.6. The van der Waals surface area contributed by atoms with Gasteiger partial charge < -0.3 is 10.5 Å². The van der Waals surface area contributed by atoms with E-state index in [4.69, 9.17) is 10.5 Å². The smallest absolute Gasteiger partial charge is 0.305 e. The van der Waals surface area contributed by atoms with Crippen molar-refractivity contribution in [1.29, 1.82) is 0 Å². The summed E-state index contributed by atoms with van der Waals surface area (Å²) in [6, 6.07) is 10.3. The number of benzene rings is 1. The summed E-state index contributed by atoms with van der Waals surface area (Å²) >= 11 is 0. The molecule has 1 aromatic rings. The van der Waals surface area contributed by atoms with E-state index in [9.17, 15) is 4.79 Å². The molecule has 2 unspecified atom stereocenters. The maximum absolute atomic E-state index is 11.3. The zero-order chi connectivity index (χ0) is 13.7. The molecule has 4 heteroatoms.